The molecule has 2 aromatic rings. The molecule has 1 nitrogen and oxygen atoms in total. The van der Waals surface area contributed by atoms with Crippen molar-refractivity contribution in [1.29, 1.82) is 0 Å². The lowest BCUT2D eigenvalue weighted by Gasteiger charge is -2.10. The van der Waals surface area contributed by atoms with Gasteiger partial charge in [0.1, 0.15) is 0 Å². The number of benzene rings is 1. The summed E-state index contributed by atoms with van der Waals surface area (Å²) in [5.74, 6) is 0. The zero-order valence-electron chi connectivity index (χ0n) is 8.63. The molecule has 0 amide bonds. The van der Waals surface area contributed by atoms with E-state index < -0.39 is 0 Å². The number of hydrogen-bond acceptors (Lipinski definition) is 2. The molecule has 0 N–H and O–H groups in total. The highest BCUT2D eigenvalue weighted by Crippen LogP contribution is 2.32. The Morgan fingerprint density at radius 1 is 1.00 bits per heavy atom. The highest BCUT2D eigenvalue weighted by Gasteiger charge is 2.06. The fourth-order valence-corrected chi connectivity index (χ4v) is 2.32. The van der Waals surface area contributed by atoms with Gasteiger partial charge in [-0.3, -0.25) is 0 Å². The topological polar surface area (TPSA) is 12.9 Å². The summed E-state index contributed by atoms with van der Waals surface area (Å²) in [4.78, 5) is 4.31. The van der Waals surface area contributed by atoms with Crippen molar-refractivity contribution in [2.24, 2.45) is 0 Å². The van der Waals surface area contributed by atoms with Gasteiger partial charge in [-0.1, -0.05) is 48.2 Å². The molecule has 1 aromatic carbocycles. The van der Waals surface area contributed by atoms with E-state index in [9.17, 15) is 0 Å². The first-order valence-electron chi connectivity index (χ1n) is 4.99. The van der Waals surface area contributed by atoms with Gasteiger partial charge in [0.15, 0.2) is 0 Å². The van der Waals surface area contributed by atoms with Gasteiger partial charge in [-0.05, 0) is 24.6 Å². The minimum atomic E-state index is 0.445. The lowest BCUT2D eigenvalue weighted by atomic mass is 10.2. The van der Waals surface area contributed by atoms with Crippen LogP contribution in [0.3, 0.4) is 0 Å². The molecule has 0 aliphatic carbocycles. The second-order valence-electron chi connectivity index (χ2n) is 3.34. The molecule has 15 heavy (non-hydrogen) atoms. The largest absolute Gasteiger partial charge is 0.250 e. The van der Waals surface area contributed by atoms with Crippen LogP contribution >= 0.6 is 11.8 Å². The van der Waals surface area contributed by atoms with Gasteiger partial charge in [0.25, 0.3) is 0 Å². The highest BCUT2D eigenvalue weighted by molar-refractivity contribution is 7.99. The Bertz CT molecular complexity index is 399. The summed E-state index contributed by atoms with van der Waals surface area (Å²) in [5.41, 5.74) is 1.34. The van der Waals surface area contributed by atoms with E-state index in [0.717, 1.165) is 5.03 Å². The number of pyridine rings is 1. The van der Waals surface area contributed by atoms with E-state index in [1.54, 1.807) is 11.8 Å². The monoisotopic (exact) mass is 215 g/mol. The number of rotatable bonds is 3. The van der Waals surface area contributed by atoms with Crippen LogP contribution in [0.5, 0.6) is 0 Å². The predicted octanol–water partition coefficient (Wildman–Crippen LogP) is 3.93. The van der Waals surface area contributed by atoms with E-state index in [1.807, 2.05) is 30.5 Å². The zero-order valence-corrected chi connectivity index (χ0v) is 9.45. The smallest absolute Gasteiger partial charge is 0.0965 e. The van der Waals surface area contributed by atoms with E-state index in [4.69, 9.17) is 0 Å². The van der Waals surface area contributed by atoms with Crippen molar-refractivity contribution < 1.29 is 0 Å². The van der Waals surface area contributed by atoms with E-state index in [0.29, 0.717) is 5.25 Å². The van der Waals surface area contributed by atoms with Gasteiger partial charge in [-0.25, -0.2) is 4.98 Å². The first-order valence-corrected chi connectivity index (χ1v) is 5.87. The minimum Gasteiger partial charge on any atom is -0.250 e. The van der Waals surface area contributed by atoms with Crippen molar-refractivity contribution in [1.82, 2.24) is 4.98 Å². The molecule has 1 unspecified atom stereocenters. The molecule has 0 fully saturated rings. The van der Waals surface area contributed by atoms with Gasteiger partial charge in [0.05, 0.1) is 5.03 Å². The standard InChI is InChI=1S/C13H13NS/c1-11(12-7-3-2-4-8-12)15-13-9-5-6-10-14-13/h2-11H,1H3. The molecule has 0 bridgehead atoms. The average molecular weight is 215 g/mol. The highest BCUT2D eigenvalue weighted by atomic mass is 32.2. The summed E-state index contributed by atoms with van der Waals surface area (Å²) >= 11 is 1.79. The third-order valence-electron chi connectivity index (χ3n) is 2.20. The van der Waals surface area contributed by atoms with E-state index >= 15 is 0 Å². The van der Waals surface area contributed by atoms with Crippen LogP contribution in [0.2, 0.25) is 0 Å². The van der Waals surface area contributed by atoms with Crippen LogP contribution < -0.4 is 0 Å². The molecular weight excluding hydrogens is 202 g/mol. The molecule has 2 heteroatoms. The van der Waals surface area contributed by atoms with Crippen LogP contribution in [0.4, 0.5) is 0 Å². The summed E-state index contributed by atoms with van der Waals surface area (Å²) in [7, 11) is 0. The minimum absolute atomic E-state index is 0.445. The van der Waals surface area contributed by atoms with Crippen molar-refractivity contribution in [3.8, 4) is 0 Å². The third kappa shape index (κ3) is 2.83. The maximum Gasteiger partial charge on any atom is 0.0965 e. The number of thioether (sulfide) groups is 1. The average Bonchev–Trinajstić information content (AvgIpc) is 2.31. The molecule has 76 valence electrons. The molecule has 2 rings (SSSR count). The van der Waals surface area contributed by atoms with Gasteiger partial charge in [0.2, 0.25) is 0 Å². The Balaban J connectivity index is 2.08. The Kier molecular flexibility index (Phi) is 3.41. The number of nitrogens with zero attached hydrogens (tertiary/aromatic N) is 1. The quantitative estimate of drug-likeness (QED) is 0.719. The molecule has 1 heterocycles. The molecule has 1 atom stereocenters. The van der Waals surface area contributed by atoms with Crippen LogP contribution in [-0.4, -0.2) is 4.98 Å². The van der Waals surface area contributed by atoms with Crippen molar-refractivity contribution in [3.63, 3.8) is 0 Å². The van der Waals surface area contributed by atoms with Crippen molar-refractivity contribution in [3.05, 3.63) is 60.3 Å². The number of hydrogen-bond donors (Lipinski definition) is 0. The summed E-state index contributed by atoms with van der Waals surface area (Å²) < 4.78 is 0. The molecule has 1 aromatic heterocycles. The van der Waals surface area contributed by atoms with E-state index in [-0.39, 0.29) is 0 Å². The van der Waals surface area contributed by atoms with Crippen molar-refractivity contribution in [2.45, 2.75) is 17.2 Å². The van der Waals surface area contributed by atoms with Gasteiger partial charge >= 0.3 is 0 Å². The fraction of sp³-hybridized carbons (Fsp3) is 0.154. The molecule has 0 spiro atoms. The first-order chi connectivity index (χ1) is 7.36. The maximum atomic E-state index is 4.31. The molecule has 0 aliphatic heterocycles. The van der Waals surface area contributed by atoms with Gasteiger partial charge in [0, 0.05) is 11.4 Å². The van der Waals surface area contributed by atoms with E-state index in [2.05, 4.69) is 36.2 Å². The third-order valence-corrected chi connectivity index (χ3v) is 3.31. The molecule has 0 aliphatic rings. The van der Waals surface area contributed by atoms with E-state index in [1.165, 1.54) is 5.56 Å². The van der Waals surface area contributed by atoms with Gasteiger partial charge in [-0.2, -0.15) is 0 Å². The summed E-state index contributed by atoms with van der Waals surface area (Å²) in [6.45, 7) is 2.20. The molecule has 0 saturated heterocycles. The van der Waals surface area contributed by atoms with Crippen LogP contribution in [-0.2, 0) is 0 Å². The Morgan fingerprint density at radius 3 is 2.40 bits per heavy atom. The fourth-order valence-electron chi connectivity index (χ4n) is 1.39. The molecule has 0 saturated carbocycles. The second-order valence-corrected chi connectivity index (χ2v) is 4.70. The molecular formula is C13H13NS. The van der Waals surface area contributed by atoms with Crippen molar-refractivity contribution in [2.75, 3.05) is 0 Å². The maximum absolute atomic E-state index is 4.31. The Labute approximate surface area is 94.6 Å². The second kappa shape index (κ2) is 4.99. The summed E-state index contributed by atoms with van der Waals surface area (Å²) in [6, 6.07) is 16.5. The van der Waals surface area contributed by atoms with Crippen LogP contribution in [0.15, 0.2) is 59.8 Å². The lowest BCUT2D eigenvalue weighted by molar-refractivity contribution is 1.06. The van der Waals surface area contributed by atoms with Crippen LogP contribution in [0, 0.1) is 0 Å². The number of aromatic nitrogens is 1. The SMILES string of the molecule is CC(Sc1ccccn1)c1ccccc1. The summed E-state index contributed by atoms with van der Waals surface area (Å²) in [6.07, 6.45) is 1.83. The normalized spacial score (nSPS) is 12.3. The van der Waals surface area contributed by atoms with Gasteiger partial charge in [-0.15, -0.1) is 0 Å². The van der Waals surface area contributed by atoms with Gasteiger partial charge < -0.3 is 0 Å². The zero-order chi connectivity index (χ0) is 10.5. The summed E-state index contributed by atoms with van der Waals surface area (Å²) in [5, 5.41) is 1.52. The lowest BCUT2D eigenvalue weighted by Crippen LogP contribution is -1.88. The predicted molar refractivity (Wildman–Crippen MR) is 65.0 cm³/mol. The molecule has 0 radical (unpaired) electrons. The Morgan fingerprint density at radius 2 is 1.73 bits per heavy atom. The van der Waals surface area contributed by atoms with Crippen LogP contribution in [0.25, 0.3) is 0 Å². The first kappa shape index (κ1) is 10.2. The Hall–Kier alpha value is -1.28. The van der Waals surface area contributed by atoms with Crippen LogP contribution in [0.1, 0.15) is 17.7 Å². The van der Waals surface area contributed by atoms with Crippen molar-refractivity contribution >= 4 is 11.8 Å².